The summed E-state index contributed by atoms with van der Waals surface area (Å²) >= 11 is 6.06. The summed E-state index contributed by atoms with van der Waals surface area (Å²) in [7, 11) is 0. The second-order valence-electron chi connectivity index (χ2n) is 4.88. The summed E-state index contributed by atoms with van der Waals surface area (Å²) in [5.41, 5.74) is 1.86. The second kappa shape index (κ2) is 8.88. The Morgan fingerprint density at radius 2 is 1.96 bits per heavy atom. The van der Waals surface area contributed by atoms with Gasteiger partial charge in [-0.15, -0.1) is 0 Å². The van der Waals surface area contributed by atoms with Crippen LogP contribution in [-0.2, 0) is 17.8 Å². The number of amides is 2. The lowest BCUT2D eigenvalue weighted by molar-refractivity contribution is 0.0950. The maximum atomic E-state index is 12.2. The number of nitrogens with zero attached hydrogens (tertiary/aromatic N) is 1. The number of alkyl carbamates (subject to hydrolysis) is 1. The molecular formula is C17H18ClN3O3. The normalized spacial score (nSPS) is 10.1. The summed E-state index contributed by atoms with van der Waals surface area (Å²) in [6, 6.07) is 10.5. The number of carbonyl (C=O) groups is 2. The maximum Gasteiger partial charge on any atom is 0.407 e. The number of rotatable bonds is 6. The van der Waals surface area contributed by atoms with Gasteiger partial charge in [-0.25, -0.2) is 4.79 Å². The van der Waals surface area contributed by atoms with Crippen molar-refractivity contribution in [2.24, 2.45) is 0 Å². The molecule has 1 aromatic carbocycles. The summed E-state index contributed by atoms with van der Waals surface area (Å²) < 4.78 is 4.77. The lowest BCUT2D eigenvalue weighted by Crippen LogP contribution is -2.25. The van der Waals surface area contributed by atoms with Crippen molar-refractivity contribution in [3.8, 4) is 0 Å². The van der Waals surface area contributed by atoms with Gasteiger partial charge in [-0.3, -0.25) is 9.78 Å². The molecule has 0 radical (unpaired) electrons. The van der Waals surface area contributed by atoms with E-state index < -0.39 is 6.09 Å². The van der Waals surface area contributed by atoms with Crippen LogP contribution in [0.15, 0.2) is 42.6 Å². The number of hydrogen-bond donors (Lipinski definition) is 2. The number of ether oxygens (including phenoxy) is 1. The molecule has 2 amide bonds. The predicted molar refractivity (Wildman–Crippen MR) is 90.7 cm³/mol. The Balaban J connectivity index is 1.93. The van der Waals surface area contributed by atoms with Crippen LogP contribution in [0.4, 0.5) is 4.79 Å². The Bertz CT molecular complexity index is 722. The molecular weight excluding hydrogens is 330 g/mol. The molecule has 1 heterocycles. The molecule has 0 fully saturated rings. The third kappa shape index (κ3) is 5.24. The van der Waals surface area contributed by atoms with E-state index in [2.05, 4.69) is 15.6 Å². The van der Waals surface area contributed by atoms with E-state index in [0.29, 0.717) is 29.4 Å². The minimum Gasteiger partial charge on any atom is -0.450 e. The van der Waals surface area contributed by atoms with Crippen LogP contribution in [-0.4, -0.2) is 23.6 Å². The zero-order chi connectivity index (χ0) is 17.4. The van der Waals surface area contributed by atoms with Crippen LogP contribution in [0.3, 0.4) is 0 Å². The molecule has 0 atom stereocenters. The SMILES string of the molecule is CCOC(=O)NCc1cc(C(=O)NCc2ccccc2Cl)ccn1. The quantitative estimate of drug-likeness (QED) is 0.842. The zero-order valence-corrected chi connectivity index (χ0v) is 14.0. The van der Waals surface area contributed by atoms with Crippen LogP contribution in [0.1, 0.15) is 28.5 Å². The number of aromatic nitrogens is 1. The van der Waals surface area contributed by atoms with E-state index >= 15 is 0 Å². The van der Waals surface area contributed by atoms with Crippen molar-refractivity contribution in [3.63, 3.8) is 0 Å². The van der Waals surface area contributed by atoms with Crippen molar-refractivity contribution in [1.82, 2.24) is 15.6 Å². The van der Waals surface area contributed by atoms with Crippen molar-refractivity contribution in [1.29, 1.82) is 0 Å². The maximum absolute atomic E-state index is 12.2. The fraction of sp³-hybridized carbons (Fsp3) is 0.235. The molecule has 1 aromatic heterocycles. The minimum atomic E-state index is -0.520. The van der Waals surface area contributed by atoms with Crippen LogP contribution in [0.5, 0.6) is 0 Å². The molecule has 0 saturated carbocycles. The number of hydrogen-bond acceptors (Lipinski definition) is 4. The van der Waals surface area contributed by atoms with Crippen LogP contribution >= 0.6 is 11.6 Å². The number of benzene rings is 1. The molecule has 0 aliphatic heterocycles. The van der Waals surface area contributed by atoms with E-state index in [1.54, 1.807) is 25.1 Å². The standard InChI is InChI=1S/C17H18ClN3O3/c1-2-24-17(23)21-11-14-9-12(7-8-19-14)16(22)20-10-13-5-3-4-6-15(13)18/h3-9H,2,10-11H2,1H3,(H,20,22)(H,21,23). The Labute approximate surface area is 145 Å². The molecule has 24 heavy (non-hydrogen) atoms. The molecule has 0 saturated heterocycles. The summed E-state index contributed by atoms with van der Waals surface area (Å²) in [6.45, 7) is 2.53. The van der Waals surface area contributed by atoms with Crippen molar-refractivity contribution < 1.29 is 14.3 Å². The summed E-state index contributed by atoms with van der Waals surface area (Å²) in [6.07, 6.45) is 1.000. The number of halogens is 1. The molecule has 126 valence electrons. The van der Waals surface area contributed by atoms with E-state index in [1.807, 2.05) is 18.2 Å². The smallest absolute Gasteiger partial charge is 0.407 e. The van der Waals surface area contributed by atoms with Crippen LogP contribution in [0.25, 0.3) is 0 Å². The van der Waals surface area contributed by atoms with Crippen LogP contribution < -0.4 is 10.6 Å². The third-order valence-corrected chi connectivity index (χ3v) is 3.53. The molecule has 2 rings (SSSR count). The van der Waals surface area contributed by atoms with E-state index in [-0.39, 0.29) is 12.5 Å². The van der Waals surface area contributed by atoms with Gasteiger partial charge in [-0.05, 0) is 30.7 Å². The number of pyridine rings is 1. The van der Waals surface area contributed by atoms with Gasteiger partial charge in [0.2, 0.25) is 0 Å². The van der Waals surface area contributed by atoms with Crippen LogP contribution in [0, 0.1) is 0 Å². The highest BCUT2D eigenvalue weighted by Crippen LogP contribution is 2.14. The average molecular weight is 348 g/mol. The Hall–Kier alpha value is -2.60. The van der Waals surface area contributed by atoms with Gasteiger partial charge in [-0.2, -0.15) is 0 Å². The van der Waals surface area contributed by atoms with E-state index in [4.69, 9.17) is 16.3 Å². The topological polar surface area (TPSA) is 80.3 Å². The highest BCUT2D eigenvalue weighted by Gasteiger charge is 2.09. The largest absolute Gasteiger partial charge is 0.450 e. The first-order chi connectivity index (χ1) is 11.6. The summed E-state index contributed by atoms with van der Waals surface area (Å²) in [5.74, 6) is -0.241. The van der Waals surface area contributed by atoms with Gasteiger partial charge < -0.3 is 15.4 Å². The van der Waals surface area contributed by atoms with Crippen molar-refractivity contribution in [3.05, 3.63) is 64.4 Å². The summed E-state index contributed by atoms with van der Waals surface area (Å²) in [4.78, 5) is 27.6. The lowest BCUT2D eigenvalue weighted by atomic mass is 10.2. The molecule has 0 aliphatic carbocycles. The van der Waals surface area contributed by atoms with E-state index in [1.165, 1.54) is 6.20 Å². The number of nitrogens with one attached hydrogen (secondary N) is 2. The van der Waals surface area contributed by atoms with Gasteiger partial charge in [0, 0.05) is 23.3 Å². The van der Waals surface area contributed by atoms with Gasteiger partial charge in [0.25, 0.3) is 5.91 Å². The van der Waals surface area contributed by atoms with Crippen LogP contribution in [0.2, 0.25) is 5.02 Å². The Kier molecular flexibility index (Phi) is 6.57. The van der Waals surface area contributed by atoms with E-state index in [0.717, 1.165) is 5.56 Å². The van der Waals surface area contributed by atoms with Crippen molar-refractivity contribution >= 4 is 23.6 Å². The predicted octanol–water partition coefficient (Wildman–Crippen LogP) is 2.91. The van der Waals surface area contributed by atoms with Crippen molar-refractivity contribution in [2.45, 2.75) is 20.0 Å². The first kappa shape index (κ1) is 17.7. The molecule has 6 nitrogen and oxygen atoms in total. The fourth-order valence-corrected chi connectivity index (χ4v) is 2.18. The molecule has 0 aliphatic rings. The average Bonchev–Trinajstić information content (AvgIpc) is 2.59. The first-order valence-corrected chi connectivity index (χ1v) is 7.85. The minimum absolute atomic E-state index is 0.185. The van der Waals surface area contributed by atoms with Gasteiger partial charge in [0.1, 0.15) is 0 Å². The summed E-state index contributed by atoms with van der Waals surface area (Å²) in [5, 5.41) is 5.97. The molecule has 0 unspecified atom stereocenters. The molecule has 7 heteroatoms. The van der Waals surface area contributed by atoms with Crippen molar-refractivity contribution in [2.75, 3.05) is 6.61 Å². The van der Waals surface area contributed by atoms with E-state index in [9.17, 15) is 9.59 Å². The Morgan fingerprint density at radius 1 is 1.17 bits per heavy atom. The fourth-order valence-electron chi connectivity index (χ4n) is 1.98. The molecule has 0 spiro atoms. The van der Waals surface area contributed by atoms with Gasteiger partial charge in [0.15, 0.2) is 0 Å². The van der Waals surface area contributed by atoms with Gasteiger partial charge in [-0.1, -0.05) is 29.8 Å². The highest BCUT2D eigenvalue weighted by molar-refractivity contribution is 6.31. The second-order valence-corrected chi connectivity index (χ2v) is 5.29. The molecule has 2 aromatic rings. The highest BCUT2D eigenvalue weighted by atomic mass is 35.5. The van der Waals surface area contributed by atoms with Gasteiger partial charge >= 0.3 is 6.09 Å². The molecule has 2 N–H and O–H groups in total. The Morgan fingerprint density at radius 3 is 2.71 bits per heavy atom. The number of carbonyl (C=O) groups excluding carboxylic acids is 2. The van der Waals surface area contributed by atoms with Gasteiger partial charge in [0.05, 0.1) is 18.8 Å². The lowest BCUT2D eigenvalue weighted by Gasteiger charge is -2.08. The molecule has 0 bridgehead atoms. The third-order valence-electron chi connectivity index (χ3n) is 3.17. The monoisotopic (exact) mass is 347 g/mol. The zero-order valence-electron chi connectivity index (χ0n) is 13.2. The first-order valence-electron chi connectivity index (χ1n) is 7.47.